The monoisotopic (exact) mass is 940 g/mol. The summed E-state index contributed by atoms with van der Waals surface area (Å²) in [6.07, 6.45) is 5.55. The lowest BCUT2D eigenvalue weighted by Gasteiger charge is -2.22. The molecule has 7 rings (SSSR count). The molecule has 1 aliphatic rings. The first-order valence-electron chi connectivity index (χ1n) is 23.1. The molecule has 0 saturated heterocycles. The Morgan fingerprint density at radius 2 is 0.900 bits per heavy atom. The Bertz CT molecular complexity index is 2760. The Balaban J connectivity index is 0.904. The van der Waals surface area contributed by atoms with E-state index in [-0.39, 0.29) is 26.4 Å². The predicted molar refractivity (Wildman–Crippen MR) is 266 cm³/mol. The smallest absolute Gasteiger partial charge is 0.338 e. The third-order valence-electron chi connectivity index (χ3n) is 10.8. The first-order chi connectivity index (χ1) is 34.3. The van der Waals surface area contributed by atoms with Crippen LogP contribution < -0.4 is 18.9 Å². The van der Waals surface area contributed by atoms with Crippen molar-refractivity contribution in [2.75, 3.05) is 52.9 Å². The summed E-state index contributed by atoms with van der Waals surface area (Å²) in [5.41, 5.74) is 4.47. The number of esters is 4. The Labute approximate surface area is 407 Å². The van der Waals surface area contributed by atoms with Gasteiger partial charge < -0.3 is 37.9 Å². The predicted octanol–water partition coefficient (Wildman–Crippen LogP) is 10.4. The van der Waals surface area contributed by atoms with Crippen LogP contribution in [0.1, 0.15) is 70.4 Å². The van der Waals surface area contributed by atoms with Crippen LogP contribution in [0.15, 0.2) is 135 Å². The molecule has 70 heavy (non-hydrogen) atoms. The second kappa shape index (κ2) is 25.6. The minimum Gasteiger partial charge on any atom is -0.493 e. The van der Waals surface area contributed by atoms with Crippen LogP contribution in [0.4, 0.5) is 0 Å². The molecular weight excluding hydrogens is 889 g/mol. The molecule has 0 fully saturated rings. The molecule has 0 aromatic heterocycles. The van der Waals surface area contributed by atoms with E-state index >= 15 is 0 Å². The average Bonchev–Trinajstić information content (AvgIpc) is 3.38. The molecule has 0 radical (unpaired) electrons. The minimum absolute atomic E-state index is 0.234. The number of hydrogen-bond acceptors (Lipinski definition) is 12. The fraction of sp³-hybridized carbons (Fsp3) is 0.241. The van der Waals surface area contributed by atoms with Crippen LogP contribution in [0.25, 0.3) is 32.7 Å². The van der Waals surface area contributed by atoms with Crippen LogP contribution in [0.2, 0.25) is 0 Å². The highest BCUT2D eigenvalue weighted by atomic mass is 16.5. The maximum absolute atomic E-state index is 12.6. The Morgan fingerprint density at radius 1 is 0.486 bits per heavy atom. The van der Waals surface area contributed by atoms with Crippen molar-refractivity contribution >= 4 is 45.4 Å². The van der Waals surface area contributed by atoms with Crippen LogP contribution in [0.5, 0.6) is 23.0 Å². The fourth-order valence-electron chi connectivity index (χ4n) is 7.32. The van der Waals surface area contributed by atoms with Crippen molar-refractivity contribution in [3.63, 3.8) is 0 Å². The summed E-state index contributed by atoms with van der Waals surface area (Å²) in [5, 5.41) is 4.03. The normalized spacial score (nSPS) is 11.2. The summed E-state index contributed by atoms with van der Waals surface area (Å²) in [6.45, 7) is 9.20. The zero-order valence-electron chi connectivity index (χ0n) is 38.8. The van der Waals surface area contributed by atoms with Gasteiger partial charge in [-0.2, -0.15) is 0 Å². The maximum atomic E-state index is 12.6. The Kier molecular flexibility index (Phi) is 18.1. The molecule has 0 atom stereocenters. The lowest BCUT2D eigenvalue weighted by molar-refractivity contribution is -0.138. The molecule has 6 aromatic carbocycles. The van der Waals surface area contributed by atoms with Crippen LogP contribution >= 0.6 is 0 Å². The van der Waals surface area contributed by atoms with Gasteiger partial charge in [-0.1, -0.05) is 61.1 Å². The van der Waals surface area contributed by atoms with E-state index in [0.29, 0.717) is 87.6 Å². The largest absolute Gasteiger partial charge is 0.493 e. The van der Waals surface area contributed by atoms with E-state index in [4.69, 9.17) is 37.9 Å². The Morgan fingerprint density at radius 3 is 1.31 bits per heavy atom. The number of unbranched alkanes of at least 4 members (excludes halogenated alkanes) is 2. The molecule has 356 valence electrons. The first kappa shape index (κ1) is 49.4. The fourth-order valence-corrected chi connectivity index (χ4v) is 7.32. The van der Waals surface area contributed by atoms with E-state index in [9.17, 15) is 19.2 Å². The minimum atomic E-state index is -0.470. The molecule has 1 aliphatic heterocycles. The average molecular weight is 941 g/mol. The van der Waals surface area contributed by atoms with Gasteiger partial charge in [-0.05, 0) is 119 Å². The van der Waals surface area contributed by atoms with E-state index < -0.39 is 23.9 Å². The number of benzene rings is 6. The van der Waals surface area contributed by atoms with Crippen molar-refractivity contribution < 1.29 is 57.1 Å². The molecule has 0 amide bonds. The van der Waals surface area contributed by atoms with Crippen LogP contribution in [0, 0.1) is 23.7 Å². The van der Waals surface area contributed by atoms with Gasteiger partial charge in [0.25, 0.3) is 0 Å². The SMILES string of the molecule is C=CC(=O)OCCCOc1ccc(C(=O)OCCCC#Cc2ccc3c4c(ccc3c2)OCCOc2ccc3cc(C#CCCCOC(=O)c5ccc(OCCCOC(=O)C=C)cc5)ccc3c2-4)cc1. The number of carbonyl (C=O) groups is 4. The highest BCUT2D eigenvalue weighted by Gasteiger charge is 2.21. The molecule has 12 heteroatoms. The van der Waals surface area contributed by atoms with Crippen LogP contribution in [-0.4, -0.2) is 76.7 Å². The first-order valence-corrected chi connectivity index (χ1v) is 23.1. The van der Waals surface area contributed by atoms with E-state index in [1.165, 1.54) is 0 Å². The molecule has 0 unspecified atom stereocenters. The molecular formula is C58H52O12. The van der Waals surface area contributed by atoms with Crippen molar-refractivity contribution in [1.29, 1.82) is 0 Å². The van der Waals surface area contributed by atoms with Crippen molar-refractivity contribution in [3.8, 4) is 57.8 Å². The van der Waals surface area contributed by atoms with E-state index in [1.54, 1.807) is 48.5 Å². The molecule has 0 aliphatic carbocycles. The standard InChI is InChI=1S/C58H52O12/c1-3-53(59)67-35-11-33-63-47-23-17-43(18-24-47)57(61)69-31-9-5-7-13-41-15-27-49-45(39-41)21-29-51-55(49)56-50-28-16-42(40-46(50)22-30-52(56)66-38-37-65-51)14-8-6-10-32-70-58(62)44-19-25-48(26-20-44)64-34-12-36-68-54(60)4-2/h3-4,15-30,39-40H,1-2,5-6,9-12,31-38H2. The highest BCUT2D eigenvalue weighted by Crippen LogP contribution is 2.46. The topological polar surface area (TPSA) is 142 Å². The quantitative estimate of drug-likeness (QED) is 0.0236. The number of carbonyl (C=O) groups excluding carboxylic acids is 4. The van der Waals surface area contributed by atoms with Crippen molar-refractivity contribution in [2.45, 2.75) is 38.5 Å². The summed E-state index contributed by atoms with van der Waals surface area (Å²) in [4.78, 5) is 47.4. The molecule has 6 aromatic rings. The van der Waals surface area contributed by atoms with Crippen molar-refractivity contribution in [3.05, 3.63) is 157 Å². The lowest BCUT2D eigenvalue weighted by atomic mass is 9.91. The highest BCUT2D eigenvalue weighted by molar-refractivity contribution is 6.10. The number of hydrogen-bond donors (Lipinski definition) is 0. The number of fused-ring (bicyclic) bond motifs is 7. The van der Waals surface area contributed by atoms with Gasteiger partial charge in [0.15, 0.2) is 0 Å². The number of rotatable bonds is 20. The summed E-state index contributed by atoms with van der Waals surface area (Å²) in [6, 6.07) is 33.8. The van der Waals surface area contributed by atoms with Crippen molar-refractivity contribution in [2.24, 2.45) is 0 Å². The third kappa shape index (κ3) is 14.0. The lowest BCUT2D eigenvalue weighted by Crippen LogP contribution is -2.12. The second-order valence-electron chi connectivity index (χ2n) is 15.7. The van der Waals surface area contributed by atoms with E-state index in [1.807, 2.05) is 24.3 Å². The molecule has 0 bridgehead atoms. The summed E-state index contributed by atoms with van der Waals surface area (Å²) >= 11 is 0. The van der Waals surface area contributed by atoms with Gasteiger partial charge in [0.05, 0.1) is 50.8 Å². The van der Waals surface area contributed by atoms with Gasteiger partial charge in [0.2, 0.25) is 0 Å². The Hall–Kier alpha value is -8.48. The second-order valence-corrected chi connectivity index (χ2v) is 15.7. The van der Waals surface area contributed by atoms with Crippen molar-refractivity contribution in [1.82, 2.24) is 0 Å². The van der Waals surface area contributed by atoms with Crippen LogP contribution in [-0.2, 0) is 28.5 Å². The van der Waals surface area contributed by atoms with Gasteiger partial charge in [0, 0.05) is 60.1 Å². The molecule has 0 spiro atoms. The van der Waals surface area contributed by atoms with E-state index in [2.05, 4.69) is 73.2 Å². The molecule has 0 N–H and O–H groups in total. The van der Waals surface area contributed by atoms with Gasteiger partial charge >= 0.3 is 23.9 Å². The number of ether oxygens (including phenoxy) is 8. The zero-order chi connectivity index (χ0) is 48.9. The molecule has 0 saturated carbocycles. The zero-order valence-corrected chi connectivity index (χ0v) is 38.8. The van der Waals surface area contributed by atoms with Gasteiger partial charge in [0.1, 0.15) is 36.2 Å². The van der Waals surface area contributed by atoms with E-state index in [0.717, 1.165) is 67.4 Å². The van der Waals surface area contributed by atoms with Crippen LogP contribution in [0.3, 0.4) is 0 Å². The van der Waals surface area contributed by atoms with Gasteiger partial charge in [-0.15, -0.1) is 0 Å². The van der Waals surface area contributed by atoms with Gasteiger partial charge in [-0.25, -0.2) is 19.2 Å². The summed E-state index contributed by atoms with van der Waals surface area (Å²) in [7, 11) is 0. The summed E-state index contributed by atoms with van der Waals surface area (Å²) < 4.78 is 44.6. The van der Waals surface area contributed by atoms with Gasteiger partial charge in [-0.3, -0.25) is 0 Å². The summed E-state index contributed by atoms with van der Waals surface area (Å²) in [5.74, 6) is 13.9. The molecule has 1 heterocycles. The third-order valence-corrected chi connectivity index (χ3v) is 10.8. The molecule has 12 nitrogen and oxygen atoms in total. The maximum Gasteiger partial charge on any atom is 0.338 e.